The number of benzene rings is 9. The Morgan fingerprint density at radius 2 is 1.14 bits per heavy atom. The van der Waals surface area contributed by atoms with Crippen LogP contribution in [0.4, 0.5) is 11.4 Å². The van der Waals surface area contributed by atoms with E-state index in [1.54, 1.807) is 0 Å². The standard InChI is InChI=1S/C62H49N3O/c1-3-18-47(37-38-63(49-21-10-5-11-22-49)58-36-32-53(39-44(58)2)66-52-25-14-7-15-26-52)48-30-35-61-57(42-48)56-41-46(40-45-19-8-4-9-20-45)29-34-60(56)65(61)51-31-33-55-54-27-16-17-28-59(54)64(62(55)43-51)50-23-12-6-13-24-50/h3-36,39,41-43H,1,37-38,40H2,2H3/b47-18+. The molecule has 66 heavy (non-hydrogen) atoms. The van der Waals surface area contributed by atoms with Crippen molar-refractivity contribution in [2.24, 2.45) is 0 Å². The lowest BCUT2D eigenvalue weighted by atomic mass is 9.98. The van der Waals surface area contributed by atoms with Crippen LogP contribution >= 0.6 is 0 Å². The number of nitrogens with zero attached hydrogens (tertiary/aromatic N) is 3. The monoisotopic (exact) mass is 851 g/mol. The molecule has 0 bridgehead atoms. The van der Waals surface area contributed by atoms with Crippen molar-refractivity contribution in [1.82, 2.24) is 9.13 Å². The van der Waals surface area contributed by atoms with Crippen LogP contribution in [0.5, 0.6) is 11.5 Å². The summed E-state index contributed by atoms with van der Waals surface area (Å²) in [6.45, 7) is 7.12. The van der Waals surface area contributed by atoms with E-state index in [4.69, 9.17) is 4.74 Å². The fourth-order valence-corrected chi connectivity index (χ4v) is 9.76. The van der Waals surface area contributed by atoms with Gasteiger partial charge in [0, 0.05) is 50.8 Å². The van der Waals surface area contributed by atoms with Gasteiger partial charge in [0.05, 0.1) is 22.1 Å². The number of ether oxygens (including phenoxy) is 1. The third-order valence-corrected chi connectivity index (χ3v) is 12.8. The zero-order valence-corrected chi connectivity index (χ0v) is 37.0. The highest BCUT2D eigenvalue weighted by atomic mass is 16.5. The predicted molar refractivity (Wildman–Crippen MR) is 278 cm³/mol. The van der Waals surface area contributed by atoms with Crippen LogP contribution in [0.3, 0.4) is 0 Å². The van der Waals surface area contributed by atoms with Gasteiger partial charge in [0.25, 0.3) is 0 Å². The second-order valence-corrected chi connectivity index (χ2v) is 17.0. The molecule has 0 saturated carbocycles. The Bertz CT molecular complexity index is 3550. The van der Waals surface area contributed by atoms with Gasteiger partial charge >= 0.3 is 0 Å². The number of rotatable bonds is 13. The molecule has 0 atom stereocenters. The van der Waals surface area contributed by atoms with Crippen molar-refractivity contribution in [2.45, 2.75) is 19.8 Å². The van der Waals surface area contributed by atoms with E-state index in [-0.39, 0.29) is 0 Å². The molecular formula is C62H49N3O. The summed E-state index contributed by atoms with van der Waals surface area (Å²) in [7, 11) is 0. The molecule has 2 aromatic heterocycles. The fourth-order valence-electron chi connectivity index (χ4n) is 9.76. The van der Waals surface area contributed by atoms with E-state index in [9.17, 15) is 0 Å². The summed E-state index contributed by atoms with van der Waals surface area (Å²) in [6, 6.07) is 78.2. The van der Waals surface area contributed by atoms with Crippen molar-refractivity contribution in [3.8, 4) is 22.9 Å². The molecule has 0 amide bonds. The SMILES string of the molecule is C=C/C=C(\CCN(c1ccccc1)c1ccc(Oc2ccccc2)cc1C)c1ccc2c(c1)c1cc(Cc3ccccc3)ccc1n2-c1ccc2c3ccccc3n(-c3ccccc3)c2c1. The number of hydrogen-bond donors (Lipinski definition) is 0. The highest BCUT2D eigenvalue weighted by Crippen LogP contribution is 2.40. The van der Waals surface area contributed by atoms with Gasteiger partial charge in [-0.3, -0.25) is 0 Å². The number of aryl methyl sites for hydroxylation is 1. The minimum absolute atomic E-state index is 0.764. The quantitative estimate of drug-likeness (QED) is 0.108. The summed E-state index contributed by atoms with van der Waals surface area (Å²) in [5.74, 6) is 1.64. The lowest BCUT2D eigenvalue weighted by Gasteiger charge is -2.27. The van der Waals surface area contributed by atoms with Crippen molar-refractivity contribution in [1.29, 1.82) is 0 Å². The largest absolute Gasteiger partial charge is 0.457 e. The summed E-state index contributed by atoms with van der Waals surface area (Å²) in [5, 5.41) is 4.95. The Kier molecular flexibility index (Phi) is 10.8. The molecule has 0 spiro atoms. The highest BCUT2D eigenvalue weighted by Gasteiger charge is 2.19. The molecule has 4 nitrogen and oxygen atoms in total. The van der Waals surface area contributed by atoms with Gasteiger partial charge in [-0.15, -0.1) is 0 Å². The molecule has 0 aliphatic rings. The van der Waals surface area contributed by atoms with E-state index in [2.05, 4.69) is 222 Å². The molecule has 0 unspecified atom stereocenters. The Balaban J connectivity index is 1.01. The summed E-state index contributed by atoms with van der Waals surface area (Å²) < 4.78 is 11.1. The number of allylic oxidation sites excluding steroid dienone is 2. The van der Waals surface area contributed by atoms with E-state index < -0.39 is 0 Å². The second-order valence-electron chi connectivity index (χ2n) is 17.0. The number of hydrogen-bond acceptors (Lipinski definition) is 2. The van der Waals surface area contributed by atoms with E-state index in [0.29, 0.717) is 0 Å². The van der Waals surface area contributed by atoms with Crippen LogP contribution < -0.4 is 9.64 Å². The first kappa shape index (κ1) is 40.4. The van der Waals surface area contributed by atoms with Gasteiger partial charge in [0.15, 0.2) is 0 Å². The minimum Gasteiger partial charge on any atom is -0.457 e. The third-order valence-electron chi connectivity index (χ3n) is 12.8. The molecule has 318 valence electrons. The van der Waals surface area contributed by atoms with Crippen molar-refractivity contribution in [3.63, 3.8) is 0 Å². The normalized spacial score (nSPS) is 11.7. The van der Waals surface area contributed by atoms with Gasteiger partial charge in [-0.1, -0.05) is 140 Å². The summed E-state index contributed by atoms with van der Waals surface area (Å²) >= 11 is 0. The Morgan fingerprint density at radius 1 is 0.500 bits per heavy atom. The van der Waals surface area contributed by atoms with Gasteiger partial charge in [0.2, 0.25) is 0 Å². The van der Waals surface area contributed by atoms with Crippen molar-refractivity contribution >= 4 is 60.6 Å². The van der Waals surface area contributed by atoms with Crippen LogP contribution in [0.25, 0.3) is 60.6 Å². The van der Waals surface area contributed by atoms with E-state index in [1.807, 2.05) is 36.4 Å². The van der Waals surface area contributed by atoms with Crippen LogP contribution in [0.2, 0.25) is 0 Å². The molecule has 4 heteroatoms. The number of anilines is 2. The average Bonchev–Trinajstić information content (AvgIpc) is 3.87. The first-order valence-electron chi connectivity index (χ1n) is 22.8. The maximum Gasteiger partial charge on any atom is 0.127 e. The minimum atomic E-state index is 0.764. The first-order chi connectivity index (χ1) is 32.6. The molecule has 11 rings (SSSR count). The van der Waals surface area contributed by atoms with Gasteiger partial charge in [-0.25, -0.2) is 0 Å². The molecule has 11 aromatic rings. The van der Waals surface area contributed by atoms with E-state index in [1.165, 1.54) is 65.9 Å². The Hall–Kier alpha value is -8.34. The van der Waals surface area contributed by atoms with Gasteiger partial charge in [-0.2, -0.15) is 0 Å². The molecule has 0 aliphatic heterocycles. The van der Waals surface area contributed by atoms with Crippen molar-refractivity contribution < 1.29 is 4.74 Å². The smallest absolute Gasteiger partial charge is 0.127 e. The summed E-state index contributed by atoms with van der Waals surface area (Å²) in [6.07, 6.45) is 5.77. The van der Waals surface area contributed by atoms with Crippen LogP contribution in [-0.4, -0.2) is 15.7 Å². The van der Waals surface area contributed by atoms with Crippen LogP contribution in [0.1, 0.15) is 28.7 Å². The van der Waals surface area contributed by atoms with Gasteiger partial charge < -0.3 is 18.8 Å². The maximum absolute atomic E-state index is 6.23. The molecule has 2 heterocycles. The lowest BCUT2D eigenvalue weighted by molar-refractivity contribution is 0.482. The Labute approximate surface area is 386 Å². The average molecular weight is 852 g/mol. The molecule has 9 aromatic carbocycles. The molecular weight excluding hydrogens is 803 g/mol. The fraction of sp³-hybridized carbons (Fsp3) is 0.0645. The summed E-state index contributed by atoms with van der Waals surface area (Å²) in [4.78, 5) is 2.42. The van der Waals surface area contributed by atoms with Gasteiger partial charge in [0.1, 0.15) is 11.5 Å². The molecule has 0 radical (unpaired) electrons. The lowest BCUT2D eigenvalue weighted by Crippen LogP contribution is -2.19. The van der Waals surface area contributed by atoms with Crippen LogP contribution in [-0.2, 0) is 6.42 Å². The highest BCUT2D eigenvalue weighted by molar-refractivity contribution is 6.12. The zero-order chi connectivity index (χ0) is 44.4. The van der Waals surface area contributed by atoms with E-state index in [0.717, 1.165) is 59.2 Å². The first-order valence-corrected chi connectivity index (χ1v) is 22.8. The van der Waals surface area contributed by atoms with Crippen molar-refractivity contribution in [2.75, 3.05) is 11.4 Å². The number of aromatic nitrogens is 2. The zero-order valence-electron chi connectivity index (χ0n) is 37.0. The number of para-hydroxylation sites is 4. The number of fused-ring (bicyclic) bond motifs is 6. The van der Waals surface area contributed by atoms with Crippen LogP contribution in [0.15, 0.2) is 237 Å². The molecule has 0 aliphatic carbocycles. The topological polar surface area (TPSA) is 22.3 Å². The molecule has 0 fully saturated rings. The Morgan fingerprint density at radius 3 is 1.89 bits per heavy atom. The molecule has 0 N–H and O–H groups in total. The van der Waals surface area contributed by atoms with Crippen molar-refractivity contribution in [3.05, 3.63) is 259 Å². The third kappa shape index (κ3) is 7.73. The summed E-state index contributed by atoms with van der Waals surface area (Å²) in [5.41, 5.74) is 15.4. The van der Waals surface area contributed by atoms with Crippen LogP contribution in [0, 0.1) is 6.92 Å². The van der Waals surface area contributed by atoms with Gasteiger partial charge in [-0.05, 0) is 145 Å². The predicted octanol–water partition coefficient (Wildman–Crippen LogP) is 16.4. The second kappa shape index (κ2) is 17.7. The maximum atomic E-state index is 6.23. The van der Waals surface area contributed by atoms with E-state index >= 15 is 0 Å². The molecule has 0 saturated heterocycles.